The highest BCUT2D eigenvalue weighted by atomic mass is 15.2. The highest BCUT2D eigenvalue weighted by Crippen LogP contribution is 2.31. The van der Waals surface area contributed by atoms with E-state index in [0.717, 1.165) is 31.6 Å². The quantitative estimate of drug-likeness (QED) is 0.738. The lowest BCUT2D eigenvalue weighted by Crippen LogP contribution is -2.26. The zero-order chi connectivity index (χ0) is 17.6. The second-order valence-electron chi connectivity index (χ2n) is 6.43. The number of nitrogens with zero attached hydrogens (tertiary/aromatic N) is 5. The fourth-order valence-electron chi connectivity index (χ4n) is 3.43. The van der Waals surface area contributed by atoms with Crippen molar-refractivity contribution in [3.63, 3.8) is 0 Å². The topological polar surface area (TPSA) is 66.8 Å². The van der Waals surface area contributed by atoms with Gasteiger partial charge < -0.3 is 0 Å². The zero-order valence-electron chi connectivity index (χ0n) is 14.6. The summed E-state index contributed by atoms with van der Waals surface area (Å²) in [5, 5.41) is 3.08. The number of likely N-dealkylation sites (tertiary alicyclic amines) is 1. The summed E-state index contributed by atoms with van der Waals surface area (Å²) in [5.41, 5.74) is 2.44. The number of anilines is 2. The fourth-order valence-corrected chi connectivity index (χ4v) is 3.43. The lowest BCUT2D eigenvalue weighted by Gasteiger charge is -2.24. The van der Waals surface area contributed by atoms with E-state index in [9.17, 15) is 0 Å². The SMILES string of the molecule is c1ccc(CCN2CCCC2c2ccnc(Nc3ncccn3)n2)cc1. The van der Waals surface area contributed by atoms with Crippen molar-refractivity contribution in [2.45, 2.75) is 25.3 Å². The molecule has 1 saturated heterocycles. The Balaban J connectivity index is 1.44. The molecule has 4 rings (SSSR count). The summed E-state index contributed by atoms with van der Waals surface area (Å²) in [6, 6.07) is 14.8. The van der Waals surface area contributed by atoms with Gasteiger partial charge in [0.1, 0.15) is 0 Å². The molecular formula is C20H22N6. The van der Waals surface area contributed by atoms with Gasteiger partial charge in [0.2, 0.25) is 11.9 Å². The first-order valence-electron chi connectivity index (χ1n) is 9.03. The third kappa shape index (κ3) is 4.03. The molecule has 132 valence electrons. The van der Waals surface area contributed by atoms with Gasteiger partial charge >= 0.3 is 0 Å². The maximum absolute atomic E-state index is 4.71. The Morgan fingerprint density at radius 3 is 2.58 bits per heavy atom. The number of benzene rings is 1. The Bertz CT molecular complexity index is 824. The van der Waals surface area contributed by atoms with E-state index in [0.29, 0.717) is 17.9 Å². The Morgan fingerprint density at radius 1 is 0.923 bits per heavy atom. The standard InChI is InChI=1S/C20H22N6/c1-2-6-16(7-3-1)10-15-26-14-4-8-18(26)17-9-13-23-20(24-17)25-19-21-11-5-12-22-19/h1-3,5-7,9,11-13,18H,4,8,10,14-15H2,(H,21,22,23,24,25). The van der Waals surface area contributed by atoms with Crippen LogP contribution in [0.4, 0.5) is 11.9 Å². The van der Waals surface area contributed by atoms with E-state index < -0.39 is 0 Å². The number of hydrogen-bond donors (Lipinski definition) is 1. The first-order valence-corrected chi connectivity index (χ1v) is 9.03. The molecule has 1 aliphatic heterocycles. The second-order valence-corrected chi connectivity index (χ2v) is 6.43. The summed E-state index contributed by atoms with van der Waals surface area (Å²) in [6.07, 6.45) is 8.59. The van der Waals surface area contributed by atoms with Gasteiger partial charge in [0.05, 0.1) is 11.7 Å². The number of hydrogen-bond acceptors (Lipinski definition) is 6. The van der Waals surface area contributed by atoms with Crippen LogP contribution in [0.1, 0.15) is 30.1 Å². The molecule has 1 unspecified atom stereocenters. The van der Waals surface area contributed by atoms with Crippen LogP contribution in [0.25, 0.3) is 0 Å². The summed E-state index contributed by atoms with van der Waals surface area (Å²) in [6.45, 7) is 2.16. The molecule has 0 bridgehead atoms. The Kier molecular flexibility index (Phi) is 5.12. The van der Waals surface area contributed by atoms with Crippen molar-refractivity contribution in [1.29, 1.82) is 0 Å². The Morgan fingerprint density at radius 2 is 1.73 bits per heavy atom. The van der Waals surface area contributed by atoms with Gasteiger partial charge in [0.15, 0.2) is 0 Å². The van der Waals surface area contributed by atoms with Crippen molar-refractivity contribution >= 4 is 11.9 Å². The first kappa shape index (κ1) is 16.6. The van der Waals surface area contributed by atoms with Crippen LogP contribution >= 0.6 is 0 Å². The van der Waals surface area contributed by atoms with Crippen LogP contribution in [0.5, 0.6) is 0 Å². The number of aromatic nitrogens is 4. The van der Waals surface area contributed by atoms with Crippen molar-refractivity contribution in [3.8, 4) is 0 Å². The Labute approximate surface area is 153 Å². The van der Waals surface area contributed by atoms with Crippen molar-refractivity contribution < 1.29 is 0 Å². The second kappa shape index (κ2) is 8.01. The third-order valence-electron chi connectivity index (χ3n) is 4.70. The fraction of sp³-hybridized carbons (Fsp3) is 0.300. The molecule has 1 fully saturated rings. The summed E-state index contributed by atoms with van der Waals surface area (Å²) < 4.78 is 0. The minimum atomic E-state index is 0.346. The summed E-state index contributed by atoms with van der Waals surface area (Å²) >= 11 is 0. The molecule has 1 atom stereocenters. The lowest BCUT2D eigenvalue weighted by atomic mass is 10.1. The molecular weight excluding hydrogens is 324 g/mol. The van der Waals surface area contributed by atoms with Crippen LogP contribution in [0, 0.1) is 0 Å². The smallest absolute Gasteiger partial charge is 0.229 e. The van der Waals surface area contributed by atoms with Crippen LogP contribution in [0.15, 0.2) is 61.1 Å². The van der Waals surface area contributed by atoms with Crippen molar-refractivity contribution in [1.82, 2.24) is 24.8 Å². The van der Waals surface area contributed by atoms with E-state index in [-0.39, 0.29) is 0 Å². The molecule has 6 heteroatoms. The molecule has 0 saturated carbocycles. The van der Waals surface area contributed by atoms with Gasteiger partial charge in [-0.2, -0.15) is 0 Å². The molecule has 3 aromatic rings. The maximum atomic E-state index is 4.71. The first-order chi connectivity index (χ1) is 12.9. The van der Waals surface area contributed by atoms with E-state index in [1.807, 2.05) is 6.07 Å². The minimum absolute atomic E-state index is 0.346. The molecule has 26 heavy (non-hydrogen) atoms. The number of rotatable bonds is 6. The molecule has 2 aromatic heterocycles. The molecule has 1 N–H and O–H groups in total. The van der Waals surface area contributed by atoms with E-state index >= 15 is 0 Å². The molecule has 6 nitrogen and oxygen atoms in total. The maximum Gasteiger partial charge on any atom is 0.229 e. The average Bonchev–Trinajstić information content (AvgIpc) is 3.17. The van der Waals surface area contributed by atoms with Gasteiger partial charge in [0.25, 0.3) is 0 Å². The summed E-state index contributed by atoms with van der Waals surface area (Å²) in [7, 11) is 0. The van der Waals surface area contributed by atoms with Gasteiger partial charge in [-0.25, -0.2) is 19.9 Å². The number of nitrogens with one attached hydrogen (secondary N) is 1. The molecule has 3 heterocycles. The van der Waals surface area contributed by atoms with E-state index in [1.54, 1.807) is 24.7 Å². The van der Waals surface area contributed by atoms with Crippen molar-refractivity contribution in [2.75, 3.05) is 18.4 Å². The van der Waals surface area contributed by atoms with Crippen molar-refractivity contribution in [3.05, 3.63) is 72.3 Å². The normalized spacial score (nSPS) is 17.3. The van der Waals surface area contributed by atoms with Gasteiger partial charge in [-0.05, 0) is 43.5 Å². The predicted molar refractivity (Wildman–Crippen MR) is 101 cm³/mol. The summed E-state index contributed by atoms with van der Waals surface area (Å²) in [4.78, 5) is 19.9. The van der Waals surface area contributed by atoms with Crippen LogP contribution < -0.4 is 5.32 Å². The van der Waals surface area contributed by atoms with Gasteiger partial charge in [0, 0.05) is 25.1 Å². The van der Waals surface area contributed by atoms with Crippen LogP contribution in [0.3, 0.4) is 0 Å². The highest BCUT2D eigenvalue weighted by molar-refractivity contribution is 5.41. The monoisotopic (exact) mass is 346 g/mol. The third-order valence-corrected chi connectivity index (χ3v) is 4.70. The molecule has 1 aliphatic rings. The Hall–Kier alpha value is -2.86. The zero-order valence-corrected chi connectivity index (χ0v) is 14.6. The molecule has 0 aliphatic carbocycles. The summed E-state index contributed by atoms with van der Waals surface area (Å²) in [5.74, 6) is 1.06. The minimum Gasteiger partial charge on any atom is -0.294 e. The van der Waals surface area contributed by atoms with Crippen molar-refractivity contribution in [2.24, 2.45) is 0 Å². The van der Waals surface area contributed by atoms with Crippen LogP contribution in [-0.4, -0.2) is 37.9 Å². The molecule has 0 radical (unpaired) electrons. The molecule has 0 spiro atoms. The average molecular weight is 346 g/mol. The lowest BCUT2D eigenvalue weighted by molar-refractivity contribution is 0.256. The molecule has 1 aromatic carbocycles. The van der Waals surface area contributed by atoms with E-state index in [2.05, 4.69) is 55.5 Å². The van der Waals surface area contributed by atoms with Crippen LogP contribution in [0.2, 0.25) is 0 Å². The van der Waals surface area contributed by atoms with Crippen LogP contribution in [-0.2, 0) is 6.42 Å². The largest absolute Gasteiger partial charge is 0.294 e. The van der Waals surface area contributed by atoms with Gasteiger partial charge in [-0.3, -0.25) is 10.2 Å². The highest BCUT2D eigenvalue weighted by Gasteiger charge is 2.27. The predicted octanol–water partition coefficient (Wildman–Crippen LogP) is 3.39. The molecule has 0 amide bonds. The van der Waals surface area contributed by atoms with E-state index in [4.69, 9.17) is 4.98 Å². The van der Waals surface area contributed by atoms with Gasteiger partial charge in [-0.15, -0.1) is 0 Å². The van der Waals surface area contributed by atoms with E-state index in [1.165, 1.54) is 12.0 Å². The van der Waals surface area contributed by atoms with Gasteiger partial charge in [-0.1, -0.05) is 30.3 Å².